The Balaban J connectivity index is 1.77. The molecule has 2 aliphatic rings. The zero-order chi connectivity index (χ0) is 18.9. The topological polar surface area (TPSA) is 73.2 Å². The molecule has 1 N–H and O–H groups in total. The van der Waals surface area contributed by atoms with Gasteiger partial charge in [-0.15, -0.1) is 0 Å². The van der Waals surface area contributed by atoms with Crippen LogP contribution in [-0.2, 0) is 16.1 Å². The molecule has 0 saturated carbocycles. The molecule has 1 aromatic rings. The quantitative estimate of drug-likeness (QED) is 0.892. The highest BCUT2D eigenvalue weighted by Crippen LogP contribution is 2.28. The molecule has 0 spiro atoms. The summed E-state index contributed by atoms with van der Waals surface area (Å²) in [7, 11) is 0. The molecule has 140 valence electrons. The maximum absolute atomic E-state index is 13.0. The number of halogens is 1. The summed E-state index contributed by atoms with van der Waals surface area (Å²) in [6.45, 7) is 4.19. The van der Waals surface area contributed by atoms with E-state index in [1.807, 2.05) is 0 Å². The Bertz CT molecular complexity index is 725. The molecule has 1 fully saturated rings. The number of carbonyl (C=O) groups is 2. The summed E-state index contributed by atoms with van der Waals surface area (Å²) in [5.41, 5.74) is 0.0981. The molecule has 2 aliphatic heterocycles. The molecule has 26 heavy (non-hydrogen) atoms. The number of amides is 2. The fourth-order valence-electron chi connectivity index (χ4n) is 3.55. The van der Waals surface area contributed by atoms with Crippen molar-refractivity contribution in [3.8, 4) is 0 Å². The largest absolute Gasteiger partial charge is 0.388 e. The van der Waals surface area contributed by atoms with Gasteiger partial charge >= 0.3 is 0 Å². The standard InChI is InChI=1S/C19H24FN3O3/c1-19(2,26)16-4-3-11-22(16)18(25)15-9-10-17(24)23(21-15)12-13-5-7-14(20)8-6-13/h5-8,16,26H,3-4,9-12H2,1-2H3/t16-/m0/s1. The monoisotopic (exact) mass is 361 g/mol. The molecule has 2 heterocycles. The Hall–Kier alpha value is -2.28. The predicted molar refractivity (Wildman–Crippen MR) is 94.7 cm³/mol. The molecule has 3 rings (SSSR count). The third-order valence-electron chi connectivity index (χ3n) is 4.93. The Labute approximate surface area is 152 Å². The van der Waals surface area contributed by atoms with E-state index in [4.69, 9.17) is 0 Å². The van der Waals surface area contributed by atoms with Crippen molar-refractivity contribution in [2.24, 2.45) is 5.10 Å². The van der Waals surface area contributed by atoms with Crippen LogP contribution >= 0.6 is 0 Å². The van der Waals surface area contributed by atoms with Crippen LogP contribution in [0, 0.1) is 5.82 Å². The highest BCUT2D eigenvalue weighted by atomic mass is 19.1. The van der Waals surface area contributed by atoms with Crippen LogP contribution in [0.3, 0.4) is 0 Å². The lowest BCUT2D eigenvalue weighted by Crippen LogP contribution is -2.51. The van der Waals surface area contributed by atoms with Crippen LogP contribution in [0.5, 0.6) is 0 Å². The van der Waals surface area contributed by atoms with Crippen molar-refractivity contribution < 1.29 is 19.1 Å². The second-order valence-electron chi connectivity index (χ2n) is 7.43. The minimum atomic E-state index is -0.981. The number of hydrogen-bond donors (Lipinski definition) is 1. The average molecular weight is 361 g/mol. The van der Waals surface area contributed by atoms with E-state index < -0.39 is 5.60 Å². The summed E-state index contributed by atoms with van der Waals surface area (Å²) in [5.74, 6) is -0.720. The SMILES string of the molecule is CC(C)(O)[C@@H]1CCCN1C(=O)C1=NN(Cc2ccc(F)cc2)C(=O)CC1. The molecule has 0 aromatic heterocycles. The number of nitrogens with zero attached hydrogens (tertiary/aromatic N) is 3. The van der Waals surface area contributed by atoms with Gasteiger partial charge in [0.25, 0.3) is 5.91 Å². The third kappa shape index (κ3) is 3.93. The molecule has 1 aromatic carbocycles. The van der Waals surface area contributed by atoms with Crippen molar-refractivity contribution in [1.29, 1.82) is 0 Å². The summed E-state index contributed by atoms with van der Waals surface area (Å²) < 4.78 is 13.0. The van der Waals surface area contributed by atoms with E-state index in [0.717, 1.165) is 18.4 Å². The second kappa shape index (κ2) is 7.15. The van der Waals surface area contributed by atoms with Gasteiger partial charge in [0.05, 0.1) is 18.2 Å². The number of carbonyl (C=O) groups excluding carboxylic acids is 2. The van der Waals surface area contributed by atoms with E-state index >= 15 is 0 Å². The zero-order valence-corrected chi connectivity index (χ0v) is 15.1. The minimum absolute atomic E-state index is 0.161. The van der Waals surface area contributed by atoms with Crippen LogP contribution < -0.4 is 0 Å². The normalized spacial score (nSPS) is 21.2. The number of benzene rings is 1. The molecule has 0 unspecified atom stereocenters. The smallest absolute Gasteiger partial charge is 0.270 e. The lowest BCUT2D eigenvalue weighted by atomic mass is 9.96. The lowest BCUT2D eigenvalue weighted by molar-refractivity contribution is -0.133. The molecule has 6 nitrogen and oxygen atoms in total. The van der Waals surface area contributed by atoms with E-state index in [9.17, 15) is 19.1 Å². The van der Waals surface area contributed by atoms with E-state index in [1.165, 1.54) is 17.1 Å². The van der Waals surface area contributed by atoms with Crippen LogP contribution in [-0.4, -0.2) is 50.7 Å². The Morgan fingerprint density at radius 2 is 2.00 bits per heavy atom. The molecular weight excluding hydrogens is 337 g/mol. The molecule has 0 bridgehead atoms. The van der Waals surface area contributed by atoms with Gasteiger partial charge in [-0.3, -0.25) is 9.59 Å². The van der Waals surface area contributed by atoms with Crippen LogP contribution in [0.2, 0.25) is 0 Å². The maximum Gasteiger partial charge on any atom is 0.270 e. The lowest BCUT2D eigenvalue weighted by Gasteiger charge is -2.34. The van der Waals surface area contributed by atoms with Gasteiger partial charge in [-0.25, -0.2) is 9.40 Å². The Morgan fingerprint density at radius 1 is 1.31 bits per heavy atom. The number of rotatable bonds is 4. The first-order valence-corrected chi connectivity index (χ1v) is 8.91. The van der Waals surface area contributed by atoms with Crippen LogP contribution in [0.4, 0.5) is 4.39 Å². The van der Waals surface area contributed by atoms with E-state index in [-0.39, 0.29) is 36.6 Å². The fourth-order valence-corrected chi connectivity index (χ4v) is 3.55. The summed E-state index contributed by atoms with van der Waals surface area (Å²) >= 11 is 0. The fraction of sp³-hybridized carbons (Fsp3) is 0.526. The average Bonchev–Trinajstić information content (AvgIpc) is 3.08. The number of hydrazone groups is 1. The number of likely N-dealkylation sites (tertiary alicyclic amines) is 1. The van der Waals surface area contributed by atoms with Crippen molar-refractivity contribution in [2.45, 2.75) is 57.7 Å². The first-order chi connectivity index (χ1) is 12.3. The molecule has 0 aliphatic carbocycles. The van der Waals surface area contributed by atoms with Crippen LogP contribution in [0.15, 0.2) is 29.4 Å². The highest BCUT2D eigenvalue weighted by molar-refractivity contribution is 6.39. The molecule has 1 saturated heterocycles. The third-order valence-corrected chi connectivity index (χ3v) is 4.93. The summed E-state index contributed by atoms with van der Waals surface area (Å²) in [6.07, 6.45) is 2.10. The van der Waals surface area contributed by atoms with Gasteiger partial charge in [0.15, 0.2) is 0 Å². The molecule has 0 radical (unpaired) electrons. The summed E-state index contributed by atoms with van der Waals surface area (Å²) in [4.78, 5) is 26.7. The highest BCUT2D eigenvalue weighted by Gasteiger charge is 2.40. The molecule has 7 heteroatoms. The molecule has 2 amide bonds. The van der Waals surface area contributed by atoms with Gasteiger partial charge in [-0.05, 0) is 44.4 Å². The van der Waals surface area contributed by atoms with Gasteiger partial charge in [-0.1, -0.05) is 12.1 Å². The van der Waals surface area contributed by atoms with Crippen molar-refractivity contribution >= 4 is 17.5 Å². The first-order valence-electron chi connectivity index (χ1n) is 8.91. The summed E-state index contributed by atoms with van der Waals surface area (Å²) in [5, 5.41) is 15.9. The molecular formula is C19H24FN3O3. The van der Waals surface area contributed by atoms with Gasteiger partial charge < -0.3 is 10.0 Å². The van der Waals surface area contributed by atoms with E-state index in [0.29, 0.717) is 18.7 Å². The Kier molecular flexibility index (Phi) is 5.09. The van der Waals surface area contributed by atoms with Crippen LogP contribution in [0.25, 0.3) is 0 Å². The van der Waals surface area contributed by atoms with Crippen molar-refractivity contribution in [1.82, 2.24) is 9.91 Å². The Morgan fingerprint density at radius 3 is 2.65 bits per heavy atom. The molecule has 1 atom stereocenters. The van der Waals surface area contributed by atoms with Gasteiger partial charge in [0, 0.05) is 19.4 Å². The first kappa shape index (κ1) is 18.5. The van der Waals surface area contributed by atoms with Crippen molar-refractivity contribution in [3.05, 3.63) is 35.6 Å². The predicted octanol–water partition coefficient (Wildman–Crippen LogP) is 2.07. The van der Waals surface area contributed by atoms with Crippen LogP contribution in [0.1, 0.15) is 45.1 Å². The second-order valence-corrected chi connectivity index (χ2v) is 7.43. The van der Waals surface area contributed by atoms with E-state index in [2.05, 4.69) is 5.10 Å². The zero-order valence-electron chi connectivity index (χ0n) is 15.1. The van der Waals surface area contributed by atoms with Crippen molar-refractivity contribution in [3.63, 3.8) is 0 Å². The number of hydrogen-bond acceptors (Lipinski definition) is 4. The maximum atomic E-state index is 13.0. The minimum Gasteiger partial charge on any atom is -0.388 e. The van der Waals surface area contributed by atoms with Gasteiger partial charge in [0.2, 0.25) is 5.91 Å². The number of aliphatic hydroxyl groups is 1. The van der Waals surface area contributed by atoms with Gasteiger partial charge in [0.1, 0.15) is 11.5 Å². The van der Waals surface area contributed by atoms with Gasteiger partial charge in [-0.2, -0.15) is 5.10 Å². The van der Waals surface area contributed by atoms with Crippen molar-refractivity contribution in [2.75, 3.05) is 6.54 Å². The van der Waals surface area contributed by atoms with E-state index in [1.54, 1.807) is 30.9 Å². The summed E-state index contributed by atoms with van der Waals surface area (Å²) in [6, 6.07) is 5.61.